The lowest BCUT2D eigenvalue weighted by molar-refractivity contribution is -0.154. The van der Waals surface area contributed by atoms with Crippen LogP contribution in [-0.4, -0.2) is 58.5 Å². The lowest BCUT2D eigenvalue weighted by atomic mass is 10.1. The van der Waals surface area contributed by atoms with Crippen molar-refractivity contribution in [1.29, 1.82) is 0 Å². The van der Waals surface area contributed by atoms with Gasteiger partial charge < -0.3 is 14.9 Å². The van der Waals surface area contributed by atoms with Gasteiger partial charge in [-0.15, -0.1) is 0 Å². The number of carbonyl (C=O) groups is 2. The molecule has 0 saturated carbocycles. The third-order valence-electron chi connectivity index (χ3n) is 3.40. The first-order chi connectivity index (χ1) is 7.63. The Morgan fingerprint density at radius 2 is 2.25 bits per heavy atom. The van der Waals surface area contributed by atoms with Crippen molar-refractivity contribution in [2.24, 2.45) is 0 Å². The number of aliphatic hydroxyl groups is 1. The van der Waals surface area contributed by atoms with E-state index >= 15 is 0 Å². The number of fused-ring (bicyclic) bond motifs is 1. The average molecular weight is 226 g/mol. The molecule has 0 aromatic rings. The molecule has 0 aromatic carbocycles. The SMILES string of the molecule is CCC(O)CN1CC(=O)N2CCCC2C1=O. The van der Waals surface area contributed by atoms with E-state index < -0.39 is 6.10 Å². The maximum atomic E-state index is 12.0. The quantitative estimate of drug-likeness (QED) is 0.711. The Labute approximate surface area is 95.0 Å². The molecular formula is C11H18N2O3. The number of aliphatic hydroxyl groups excluding tert-OH is 1. The number of hydrogen-bond acceptors (Lipinski definition) is 3. The second kappa shape index (κ2) is 4.41. The molecule has 2 aliphatic heterocycles. The van der Waals surface area contributed by atoms with Crippen LogP contribution in [0.2, 0.25) is 0 Å². The maximum Gasteiger partial charge on any atom is 0.245 e. The second-order valence-corrected chi connectivity index (χ2v) is 4.53. The molecular weight excluding hydrogens is 208 g/mol. The third-order valence-corrected chi connectivity index (χ3v) is 3.40. The van der Waals surface area contributed by atoms with E-state index in [1.54, 1.807) is 4.90 Å². The zero-order chi connectivity index (χ0) is 11.7. The number of hydrogen-bond donors (Lipinski definition) is 1. The van der Waals surface area contributed by atoms with Crippen molar-refractivity contribution in [2.75, 3.05) is 19.6 Å². The van der Waals surface area contributed by atoms with Crippen LogP contribution in [0.5, 0.6) is 0 Å². The van der Waals surface area contributed by atoms with Gasteiger partial charge in [-0.05, 0) is 19.3 Å². The van der Waals surface area contributed by atoms with Crippen LogP contribution in [0.1, 0.15) is 26.2 Å². The van der Waals surface area contributed by atoms with Crippen LogP contribution in [0, 0.1) is 0 Å². The van der Waals surface area contributed by atoms with Crippen molar-refractivity contribution >= 4 is 11.8 Å². The fourth-order valence-electron chi connectivity index (χ4n) is 2.40. The van der Waals surface area contributed by atoms with E-state index in [0.717, 1.165) is 12.8 Å². The van der Waals surface area contributed by atoms with Gasteiger partial charge in [0.05, 0.1) is 12.6 Å². The Morgan fingerprint density at radius 3 is 2.94 bits per heavy atom. The number of β-amino-alcohol motifs (C(OH)–C–C–N with tert-alkyl or cyclic N) is 1. The molecule has 5 heteroatoms. The number of nitrogens with zero attached hydrogens (tertiary/aromatic N) is 2. The van der Waals surface area contributed by atoms with Crippen molar-refractivity contribution in [3.8, 4) is 0 Å². The van der Waals surface area contributed by atoms with E-state index in [-0.39, 0.29) is 30.9 Å². The number of carbonyl (C=O) groups excluding carboxylic acids is 2. The van der Waals surface area contributed by atoms with Crippen LogP contribution in [0.3, 0.4) is 0 Å². The maximum absolute atomic E-state index is 12.0. The first kappa shape index (κ1) is 11.4. The smallest absolute Gasteiger partial charge is 0.245 e. The molecule has 2 rings (SSSR count). The van der Waals surface area contributed by atoms with Gasteiger partial charge in [0, 0.05) is 13.1 Å². The molecule has 90 valence electrons. The van der Waals surface area contributed by atoms with Crippen LogP contribution in [0.15, 0.2) is 0 Å². The molecule has 16 heavy (non-hydrogen) atoms. The predicted molar refractivity (Wildman–Crippen MR) is 57.6 cm³/mol. The summed E-state index contributed by atoms with van der Waals surface area (Å²) < 4.78 is 0. The Kier molecular flexibility index (Phi) is 3.14. The number of amides is 2. The van der Waals surface area contributed by atoms with E-state index in [1.165, 1.54) is 4.90 Å². The average Bonchev–Trinajstić information content (AvgIpc) is 2.74. The molecule has 1 N–H and O–H groups in total. The molecule has 5 nitrogen and oxygen atoms in total. The van der Waals surface area contributed by atoms with E-state index in [0.29, 0.717) is 13.0 Å². The summed E-state index contributed by atoms with van der Waals surface area (Å²) in [5.74, 6) is 0.0232. The van der Waals surface area contributed by atoms with E-state index in [4.69, 9.17) is 0 Å². The highest BCUT2D eigenvalue weighted by molar-refractivity contribution is 5.95. The van der Waals surface area contributed by atoms with E-state index in [9.17, 15) is 14.7 Å². The van der Waals surface area contributed by atoms with Crippen LogP contribution in [0.4, 0.5) is 0 Å². The second-order valence-electron chi connectivity index (χ2n) is 4.53. The summed E-state index contributed by atoms with van der Waals surface area (Å²) in [6.45, 7) is 2.99. The van der Waals surface area contributed by atoms with Gasteiger partial charge in [0.15, 0.2) is 0 Å². The molecule has 0 bridgehead atoms. The highest BCUT2D eigenvalue weighted by Gasteiger charge is 2.41. The zero-order valence-corrected chi connectivity index (χ0v) is 9.56. The highest BCUT2D eigenvalue weighted by atomic mass is 16.3. The highest BCUT2D eigenvalue weighted by Crippen LogP contribution is 2.23. The van der Waals surface area contributed by atoms with E-state index in [2.05, 4.69) is 0 Å². The first-order valence-corrected chi connectivity index (χ1v) is 5.89. The van der Waals surface area contributed by atoms with Crippen LogP contribution in [0.25, 0.3) is 0 Å². The lowest BCUT2D eigenvalue weighted by Crippen LogP contribution is -2.58. The normalized spacial score (nSPS) is 27.2. The Bertz CT molecular complexity index is 306. The minimum atomic E-state index is -0.523. The molecule has 0 aliphatic carbocycles. The van der Waals surface area contributed by atoms with Crippen LogP contribution < -0.4 is 0 Å². The van der Waals surface area contributed by atoms with Crippen molar-refractivity contribution in [3.63, 3.8) is 0 Å². The fraction of sp³-hybridized carbons (Fsp3) is 0.818. The summed E-state index contributed by atoms with van der Waals surface area (Å²) in [5.41, 5.74) is 0. The Morgan fingerprint density at radius 1 is 1.50 bits per heavy atom. The molecule has 2 aliphatic rings. The largest absolute Gasteiger partial charge is 0.391 e. The molecule has 0 spiro atoms. The minimum Gasteiger partial charge on any atom is -0.391 e. The van der Waals surface area contributed by atoms with Gasteiger partial charge >= 0.3 is 0 Å². The van der Waals surface area contributed by atoms with Crippen molar-refractivity contribution < 1.29 is 14.7 Å². The van der Waals surface area contributed by atoms with Gasteiger partial charge in [0.25, 0.3) is 0 Å². The summed E-state index contributed by atoms with van der Waals surface area (Å²) in [4.78, 5) is 27.0. The summed E-state index contributed by atoms with van der Waals surface area (Å²) in [6, 6.07) is -0.259. The third kappa shape index (κ3) is 1.91. The molecule has 0 aromatic heterocycles. The van der Waals surface area contributed by atoms with Gasteiger partial charge in [-0.2, -0.15) is 0 Å². The Balaban J connectivity index is 2.05. The molecule has 0 radical (unpaired) electrons. The number of rotatable bonds is 3. The molecule has 2 unspecified atom stereocenters. The summed E-state index contributed by atoms with van der Waals surface area (Å²) >= 11 is 0. The minimum absolute atomic E-state index is 0.00426. The predicted octanol–water partition coefficient (Wildman–Crippen LogP) is -0.409. The summed E-state index contributed by atoms with van der Waals surface area (Å²) in [5, 5.41) is 9.54. The van der Waals surface area contributed by atoms with Crippen LogP contribution >= 0.6 is 0 Å². The fourth-order valence-corrected chi connectivity index (χ4v) is 2.40. The molecule has 2 saturated heterocycles. The van der Waals surface area contributed by atoms with Gasteiger partial charge in [-0.25, -0.2) is 0 Å². The standard InChI is InChI=1S/C11H18N2O3/c1-2-8(14)6-12-7-10(15)13-5-3-4-9(13)11(12)16/h8-9,14H,2-7H2,1H3. The summed E-state index contributed by atoms with van der Waals surface area (Å²) in [6.07, 6.45) is 1.76. The topological polar surface area (TPSA) is 60.9 Å². The van der Waals surface area contributed by atoms with Crippen molar-refractivity contribution in [3.05, 3.63) is 0 Å². The van der Waals surface area contributed by atoms with Gasteiger partial charge in [-0.1, -0.05) is 6.92 Å². The molecule has 2 atom stereocenters. The monoisotopic (exact) mass is 226 g/mol. The molecule has 2 amide bonds. The van der Waals surface area contributed by atoms with Crippen molar-refractivity contribution in [1.82, 2.24) is 9.80 Å². The van der Waals surface area contributed by atoms with Crippen LogP contribution in [-0.2, 0) is 9.59 Å². The lowest BCUT2D eigenvalue weighted by Gasteiger charge is -2.37. The van der Waals surface area contributed by atoms with Gasteiger partial charge in [-0.3, -0.25) is 9.59 Å². The number of piperazine rings is 1. The molecule has 2 heterocycles. The van der Waals surface area contributed by atoms with Gasteiger partial charge in [0.2, 0.25) is 11.8 Å². The van der Waals surface area contributed by atoms with Crippen molar-refractivity contribution in [2.45, 2.75) is 38.3 Å². The first-order valence-electron chi connectivity index (χ1n) is 5.89. The summed E-state index contributed by atoms with van der Waals surface area (Å²) in [7, 11) is 0. The van der Waals surface area contributed by atoms with E-state index in [1.807, 2.05) is 6.92 Å². The zero-order valence-electron chi connectivity index (χ0n) is 9.56. The van der Waals surface area contributed by atoms with Gasteiger partial charge in [0.1, 0.15) is 6.04 Å². The Hall–Kier alpha value is -1.10. The molecule has 2 fully saturated rings.